The van der Waals surface area contributed by atoms with E-state index < -0.39 is 18.2 Å². The number of rotatable bonds is 9. The first-order valence-corrected chi connectivity index (χ1v) is 8.83. The summed E-state index contributed by atoms with van der Waals surface area (Å²) >= 11 is 0. The van der Waals surface area contributed by atoms with Crippen LogP contribution in [-0.4, -0.2) is 45.3 Å². The Balaban J connectivity index is 1.59. The van der Waals surface area contributed by atoms with E-state index in [1.165, 1.54) is 6.92 Å². The summed E-state index contributed by atoms with van der Waals surface area (Å²) < 4.78 is 5.52. The summed E-state index contributed by atoms with van der Waals surface area (Å²) in [5.41, 5.74) is 2.67. The number of aromatic amines is 1. The lowest BCUT2D eigenvalue weighted by Gasteiger charge is -2.12. The standard InChI is InChI=1S/C20H23N3O4/c1-13(20(25)26)27-18-6-2-5-16-14(11-23-19(16)18)7-9-22-12-17(24)15-4-3-8-21-10-15/h2-6,8,10-11,13,17,22-24H,7,9,12H2,1H3,(H,25,26). The number of carboxylic acids is 1. The van der Waals surface area contributed by atoms with Crippen LogP contribution in [-0.2, 0) is 11.2 Å². The molecule has 4 N–H and O–H groups in total. The minimum Gasteiger partial charge on any atom is -0.479 e. The minimum absolute atomic E-state index is 0.443. The molecule has 2 unspecified atom stereocenters. The van der Waals surface area contributed by atoms with Crippen molar-refractivity contribution in [2.75, 3.05) is 13.1 Å². The van der Waals surface area contributed by atoms with Crippen LogP contribution in [0, 0.1) is 0 Å². The number of nitrogens with zero attached hydrogens (tertiary/aromatic N) is 1. The number of para-hydroxylation sites is 1. The van der Waals surface area contributed by atoms with Gasteiger partial charge in [-0.05, 0) is 37.6 Å². The Hall–Kier alpha value is -2.90. The first-order valence-electron chi connectivity index (χ1n) is 8.83. The molecule has 27 heavy (non-hydrogen) atoms. The van der Waals surface area contributed by atoms with Gasteiger partial charge in [0, 0.05) is 36.1 Å². The summed E-state index contributed by atoms with van der Waals surface area (Å²) in [4.78, 5) is 18.2. The largest absolute Gasteiger partial charge is 0.479 e. The molecule has 0 saturated heterocycles. The second kappa shape index (κ2) is 8.66. The van der Waals surface area contributed by atoms with Crippen molar-refractivity contribution in [2.45, 2.75) is 25.6 Å². The molecule has 0 fully saturated rings. The van der Waals surface area contributed by atoms with Crippen LogP contribution in [0.4, 0.5) is 0 Å². The van der Waals surface area contributed by atoms with Crippen molar-refractivity contribution >= 4 is 16.9 Å². The third-order valence-corrected chi connectivity index (χ3v) is 4.39. The predicted octanol–water partition coefficient (Wildman–Crippen LogP) is 2.28. The third kappa shape index (κ3) is 4.64. The lowest BCUT2D eigenvalue weighted by atomic mass is 10.1. The number of carboxylic acid groups (broad SMARTS) is 1. The Morgan fingerprint density at radius 3 is 2.93 bits per heavy atom. The van der Waals surface area contributed by atoms with E-state index in [2.05, 4.69) is 15.3 Å². The van der Waals surface area contributed by atoms with Gasteiger partial charge < -0.3 is 25.3 Å². The van der Waals surface area contributed by atoms with E-state index in [4.69, 9.17) is 9.84 Å². The van der Waals surface area contributed by atoms with Crippen LogP contribution in [0.15, 0.2) is 48.9 Å². The molecule has 2 atom stereocenters. The molecule has 0 bridgehead atoms. The summed E-state index contributed by atoms with van der Waals surface area (Å²) in [5.74, 6) is -0.483. The van der Waals surface area contributed by atoms with Gasteiger partial charge in [0.1, 0.15) is 5.75 Å². The molecule has 0 aliphatic heterocycles. The summed E-state index contributed by atoms with van der Waals surface area (Å²) in [6.45, 7) is 2.64. The number of fused-ring (bicyclic) bond motifs is 1. The Bertz CT molecular complexity index is 895. The number of nitrogens with one attached hydrogen (secondary N) is 2. The van der Waals surface area contributed by atoms with Gasteiger partial charge in [0.05, 0.1) is 11.6 Å². The Morgan fingerprint density at radius 1 is 1.33 bits per heavy atom. The fourth-order valence-electron chi connectivity index (χ4n) is 2.88. The fourth-order valence-corrected chi connectivity index (χ4v) is 2.88. The van der Waals surface area contributed by atoms with Crippen LogP contribution in [0.3, 0.4) is 0 Å². The van der Waals surface area contributed by atoms with Gasteiger partial charge in [-0.2, -0.15) is 0 Å². The lowest BCUT2D eigenvalue weighted by Crippen LogP contribution is -2.23. The van der Waals surface area contributed by atoms with Gasteiger partial charge in [0.2, 0.25) is 0 Å². The zero-order valence-corrected chi connectivity index (χ0v) is 15.1. The van der Waals surface area contributed by atoms with Crippen molar-refractivity contribution in [2.24, 2.45) is 0 Å². The molecule has 0 amide bonds. The number of pyridine rings is 1. The van der Waals surface area contributed by atoms with E-state index in [0.717, 1.165) is 28.5 Å². The van der Waals surface area contributed by atoms with Gasteiger partial charge in [0.15, 0.2) is 6.10 Å². The molecule has 142 valence electrons. The van der Waals surface area contributed by atoms with Crippen LogP contribution in [0.5, 0.6) is 5.75 Å². The number of aromatic nitrogens is 2. The van der Waals surface area contributed by atoms with E-state index in [1.54, 1.807) is 24.5 Å². The van der Waals surface area contributed by atoms with Crippen LogP contribution < -0.4 is 10.1 Å². The second-order valence-electron chi connectivity index (χ2n) is 6.35. The van der Waals surface area contributed by atoms with Crippen molar-refractivity contribution in [1.29, 1.82) is 0 Å². The topological polar surface area (TPSA) is 107 Å². The first-order chi connectivity index (χ1) is 13.1. The van der Waals surface area contributed by atoms with Crippen LogP contribution in [0.2, 0.25) is 0 Å². The van der Waals surface area contributed by atoms with Crippen molar-refractivity contribution in [3.63, 3.8) is 0 Å². The maximum absolute atomic E-state index is 11.0. The minimum atomic E-state index is -1.00. The molecule has 7 nitrogen and oxygen atoms in total. The Morgan fingerprint density at radius 2 is 2.19 bits per heavy atom. The smallest absolute Gasteiger partial charge is 0.344 e. The van der Waals surface area contributed by atoms with Gasteiger partial charge in [-0.3, -0.25) is 4.98 Å². The van der Waals surface area contributed by atoms with Crippen molar-refractivity contribution in [3.8, 4) is 5.75 Å². The molecule has 7 heteroatoms. The number of hydrogen-bond acceptors (Lipinski definition) is 5. The molecule has 0 spiro atoms. The molecular weight excluding hydrogens is 346 g/mol. The van der Waals surface area contributed by atoms with E-state index in [0.29, 0.717) is 18.8 Å². The molecule has 2 aromatic heterocycles. The number of benzene rings is 1. The third-order valence-electron chi connectivity index (χ3n) is 4.39. The summed E-state index contributed by atoms with van der Waals surface area (Å²) in [6.07, 6.45) is 4.48. The molecule has 2 heterocycles. The molecular formula is C20H23N3O4. The van der Waals surface area contributed by atoms with Gasteiger partial charge in [0.25, 0.3) is 0 Å². The van der Waals surface area contributed by atoms with Crippen molar-refractivity contribution in [3.05, 3.63) is 60.0 Å². The quantitative estimate of drug-likeness (QED) is 0.431. The molecule has 3 rings (SSSR count). The monoisotopic (exact) mass is 369 g/mol. The van der Waals surface area contributed by atoms with Crippen LogP contribution in [0.1, 0.15) is 24.2 Å². The number of ether oxygens (including phenoxy) is 1. The SMILES string of the molecule is CC(Oc1cccc2c(CCNCC(O)c3cccnc3)c[nH]c12)C(=O)O. The first kappa shape index (κ1) is 18.9. The summed E-state index contributed by atoms with van der Waals surface area (Å²) in [5, 5.41) is 23.4. The maximum atomic E-state index is 11.0. The number of aliphatic hydroxyl groups is 1. The van der Waals surface area contributed by atoms with Crippen LogP contribution >= 0.6 is 0 Å². The second-order valence-corrected chi connectivity index (χ2v) is 6.35. The Kier molecular flexibility index (Phi) is 6.05. The normalized spacial score (nSPS) is 13.4. The van der Waals surface area contributed by atoms with Gasteiger partial charge in [-0.15, -0.1) is 0 Å². The molecule has 3 aromatic rings. The molecule has 0 aliphatic rings. The zero-order valence-electron chi connectivity index (χ0n) is 15.1. The van der Waals surface area contributed by atoms with Gasteiger partial charge in [-0.25, -0.2) is 4.79 Å². The molecule has 0 saturated carbocycles. The highest BCUT2D eigenvalue weighted by atomic mass is 16.5. The maximum Gasteiger partial charge on any atom is 0.344 e. The molecule has 0 radical (unpaired) electrons. The van der Waals surface area contributed by atoms with E-state index in [9.17, 15) is 9.90 Å². The van der Waals surface area contributed by atoms with Crippen molar-refractivity contribution < 1.29 is 19.7 Å². The van der Waals surface area contributed by atoms with E-state index >= 15 is 0 Å². The van der Waals surface area contributed by atoms with E-state index in [1.807, 2.05) is 24.4 Å². The number of H-pyrrole nitrogens is 1. The van der Waals surface area contributed by atoms with Crippen molar-refractivity contribution in [1.82, 2.24) is 15.3 Å². The highest BCUT2D eigenvalue weighted by Gasteiger charge is 2.15. The average Bonchev–Trinajstić information content (AvgIpc) is 3.10. The summed E-state index contributed by atoms with van der Waals surface area (Å²) in [7, 11) is 0. The highest BCUT2D eigenvalue weighted by molar-refractivity contribution is 5.88. The number of aliphatic carboxylic acids is 1. The number of carbonyl (C=O) groups is 1. The van der Waals surface area contributed by atoms with E-state index in [-0.39, 0.29) is 0 Å². The number of aliphatic hydroxyl groups excluding tert-OH is 1. The lowest BCUT2D eigenvalue weighted by molar-refractivity contribution is -0.144. The highest BCUT2D eigenvalue weighted by Crippen LogP contribution is 2.28. The molecule has 0 aliphatic carbocycles. The molecule has 1 aromatic carbocycles. The predicted molar refractivity (Wildman–Crippen MR) is 102 cm³/mol. The zero-order chi connectivity index (χ0) is 19.2. The average molecular weight is 369 g/mol. The Labute approximate surface area is 157 Å². The van der Waals surface area contributed by atoms with Gasteiger partial charge >= 0.3 is 5.97 Å². The number of hydrogen-bond donors (Lipinski definition) is 4. The van der Waals surface area contributed by atoms with Crippen LogP contribution in [0.25, 0.3) is 10.9 Å². The summed E-state index contributed by atoms with van der Waals surface area (Å²) in [6, 6.07) is 9.23. The fraction of sp³-hybridized carbons (Fsp3) is 0.300. The van der Waals surface area contributed by atoms with Gasteiger partial charge in [-0.1, -0.05) is 18.2 Å².